The van der Waals surface area contributed by atoms with Crippen LogP contribution < -0.4 is 5.32 Å². The van der Waals surface area contributed by atoms with E-state index in [9.17, 15) is 9.59 Å². The van der Waals surface area contributed by atoms with Crippen LogP contribution in [0, 0.1) is 6.92 Å². The number of Topliss-reactive ketones (excluding diaryl/α,β-unsaturated/α-hetero) is 1. The fourth-order valence-electron chi connectivity index (χ4n) is 4.04. The standard InChI is InChI=1S/C23H24N2O4/c1-4-28-23(27)20-14(3)24-16-6-5-7-18(26)21(16)22(20)17-12-19(29-25-17)15-10-8-13(2)9-11-15/h8-12,22,24H,4-7H2,1-3H3. The third-order valence-corrected chi connectivity index (χ3v) is 5.43. The smallest absolute Gasteiger partial charge is 0.336 e. The zero-order valence-electron chi connectivity index (χ0n) is 16.9. The quantitative estimate of drug-likeness (QED) is 0.786. The number of nitrogens with zero attached hydrogens (tertiary/aromatic N) is 1. The van der Waals surface area contributed by atoms with Crippen molar-refractivity contribution in [1.29, 1.82) is 0 Å². The lowest BCUT2D eigenvalue weighted by atomic mass is 9.77. The van der Waals surface area contributed by atoms with Gasteiger partial charge in [0.05, 0.1) is 23.8 Å². The van der Waals surface area contributed by atoms with Gasteiger partial charge in [0.15, 0.2) is 11.5 Å². The zero-order chi connectivity index (χ0) is 20.5. The molecule has 6 heteroatoms. The number of carbonyl (C=O) groups is 2. The molecule has 0 saturated heterocycles. The molecule has 1 aliphatic carbocycles. The van der Waals surface area contributed by atoms with Crippen LogP contribution in [0.3, 0.4) is 0 Å². The molecule has 1 aromatic carbocycles. The van der Waals surface area contributed by atoms with Crippen molar-refractivity contribution in [2.24, 2.45) is 0 Å². The van der Waals surface area contributed by atoms with Crippen LogP contribution >= 0.6 is 0 Å². The van der Waals surface area contributed by atoms with Crippen LogP contribution in [0.2, 0.25) is 0 Å². The minimum atomic E-state index is -0.582. The second-order valence-electron chi connectivity index (χ2n) is 7.47. The molecule has 150 valence electrons. The summed E-state index contributed by atoms with van der Waals surface area (Å²) in [6, 6.07) is 9.75. The Bertz CT molecular complexity index is 1030. The first-order valence-electron chi connectivity index (χ1n) is 9.94. The van der Waals surface area contributed by atoms with Gasteiger partial charge in [0.2, 0.25) is 0 Å². The number of ether oxygens (including phenoxy) is 1. The van der Waals surface area contributed by atoms with Crippen LogP contribution in [0.1, 0.15) is 50.3 Å². The average Bonchev–Trinajstić information content (AvgIpc) is 3.17. The Morgan fingerprint density at radius 2 is 2.00 bits per heavy atom. The second-order valence-corrected chi connectivity index (χ2v) is 7.47. The minimum absolute atomic E-state index is 0.0398. The van der Waals surface area contributed by atoms with E-state index in [0.717, 1.165) is 29.7 Å². The predicted molar refractivity (Wildman–Crippen MR) is 108 cm³/mol. The van der Waals surface area contributed by atoms with E-state index < -0.39 is 11.9 Å². The highest BCUT2D eigenvalue weighted by molar-refractivity contribution is 6.03. The van der Waals surface area contributed by atoms with Gasteiger partial charge < -0.3 is 14.6 Å². The van der Waals surface area contributed by atoms with Gasteiger partial charge in [0.25, 0.3) is 0 Å². The van der Waals surface area contributed by atoms with Crippen LogP contribution in [0.5, 0.6) is 0 Å². The van der Waals surface area contributed by atoms with Gasteiger partial charge in [-0.2, -0.15) is 0 Å². The molecular weight excluding hydrogens is 368 g/mol. The number of dihydropyridines is 1. The fraction of sp³-hybridized carbons (Fsp3) is 0.348. The SMILES string of the molecule is CCOC(=O)C1=C(C)NC2=C(C(=O)CCC2)C1c1cc(-c2ccc(C)cc2)on1. The third kappa shape index (κ3) is 3.50. The first-order valence-corrected chi connectivity index (χ1v) is 9.94. The van der Waals surface area contributed by atoms with Gasteiger partial charge >= 0.3 is 5.97 Å². The number of hydrogen-bond acceptors (Lipinski definition) is 6. The molecule has 1 unspecified atom stereocenters. The maximum atomic E-state index is 12.8. The predicted octanol–water partition coefficient (Wildman–Crippen LogP) is 4.18. The summed E-state index contributed by atoms with van der Waals surface area (Å²) in [6.45, 7) is 5.88. The van der Waals surface area contributed by atoms with E-state index >= 15 is 0 Å². The molecule has 4 rings (SSSR count). The summed E-state index contributed by atoms with van der Waals surface area (Å²) < 4.78 is 10.9. The minimum Gasteiger partial charge on any atom is -0.463 e. The van der Waals surface area contributed by atoms with E-state index in [1.54, 1.807) is 6.92 Å². The average molecular weight is 392 g/mol. The van der Waals surface area contributed by atoms with Gasteiger partial charge in [-0.25, -0.2) is 4.79 Å². The molecule has 2 heterocycles. The lowest BCUT2D eigenvalue weighted by Gasteiger charge is -2.32. The number of esters is 1. The summed E-state index contributed by atoms with van der Waals surface area (Å²) in [4.78, 5) is 25.6. The number of rotatable bonds is 4. The summed E-state index contributed by atoms with van der Waals surface area (Å²) in [5.41, 5.74) is 5.19. The molecule has 29 heavy (non-hydrogen) atoms. The van der Waals surface area contributed by atoms with Crippen LogP contribution in [-0.4, -0.2) is 23.5 Å². The topological polar surface area (TPSA) is 81.4 Å². The highest BCUT2D eigenvalue weighted by Crippen LogP contribution is 2.42. The molecule has 1 atom stereocenters. The van der Waals surface area contributed by atoms with Crippen molar-refractivity contribution >= 4 is 11.8 Å². The number of hydrogen-bond donors (Lipinski definition) is 1. The largest absolute Gasteiger partial charge is 0.463 e. The molecular formula is C23H24N2O4. The number of carbonyl (C=O) groups excluding carboxylic acids is 2. The number of benzene rings is 1. The Labute approximate surface area is 169 Å². The second kappa shape index (κ2) is 7.70. The molecule has 2 aliphatic rings. The summed E-state index contributed by atoms with van der Waals surface area (Å²) in [6.07, 6.45) is 2.04. The number of aryl methyl sites for hydroxylation is 1. The molecule has 1 aliphatic heterocycles. The van der Waals surface area contributed by atoms with Gasteiger partial charge in [-0.3, -0.25) is 4.79 Å². The normalized spacial score (nSPS) is 19.1. The monoisotopic (exact) mass is 392 g/mol. The molecule has 0 bridgehead atoms. The maximum Gasteiger partial charge on any atom is 0.336 e. The van der Waals surface area contributed by atoms with Crippen molar-refractivity contribution in [3.63, 3.8) is 0 Å². The molecule has 0 radical (unpaired) electrons. The molecule has 2 aromatic rings. The first-order chi connectivity index (χ1) is 14.0. The van der Waals surface area contributed by atoms with Gasteiger partial charge in [0.1, 0.15) is 0 Å². The van der Waals surface area contributed by atoms with Crippen LogP contribution in [-0.2, 0) is 14.3 Å². The van der Waals surface area contributed by atoms with E-state index in [1.165, 1.54) is 0 Å². The van der Waals surface area contributed by atoms with Crippen LogP contribution in [0.25, 0.3) is 11.3 Å². The summed E-state index contributed by atoms with van der Waals surface area (Å²) in [5, 5.41) is 7.52. The van der Waals surface area contributed by atoms with E-state index in [2.05, 4.69) is 10.5 Å². The Morgan fingerprint density at radius 1 is 1.24 bits per heavy atom. The van der Waals surface area contributed by atoms with Gasteiger partial charge in [-0.05, 0) is 33.6 Å². The van der Waals surface area contributed by atoms with Gasteiger partial charge in [-0.15, -0.1) is 0 Å². The van der Waals surface area contributed by atoms with E-state index in [0.29, 0.717) is 34.7 Å². The summed E-state index contributed by atoms with van der Waals surface area (Å²) >= 11 is 0. The van der Waals surface area contributed by atoms with E-state index in [4.69, 9.17) is 9.26 Å². The van der Waals surface area contributed by atoms with Crippen molar-refractivity contribution < 1.29 is 18.8 Å². The zero-order valence-corrected chi connectivity index (χ0v) is 16.9. The lowest BCUT2D eigenvalue weighted by molar-refractivity contribution is -0.138. The van der Waals surface area contributed by atoms with Crippen molar-refractivity contribution in [2.45, 2.75) is 46.0 Å². The molecule has 6 nitrogen and oxygen atoms in total. The Hall–Kier alpha value is -3.15. The number of nitrogens with one attached hydrogen (secondary N) is 1. The van der Waals surface area contributed by atoms with Gasteiger partial charge in [0, 0.05) is 35.0 Å². The fourth-order valence-corrected chi connectivity index (χ4v) is 4.04. The number of allylic oxidation sites excluding steroid dienone is 3. The van der Waals surface area contributed by atoms with Crippen molar-refractivity contribution in [1.82, 2.24) is 10.5 Å². The van der Waals surface area contributed by atoms with Crippen LogP contribution in [0.15, 0.2) is 57.4 Å². The number of aromatic nitrogens is 1. The first kappa shape index (κ1) is 19.2. The molecule has 0 spiro atoms. The summed E-state index contributed by atoms with van der Waals surface area (Å²) in [5.74, 6) is -0.379. The van der Waals surface area contributed by atoms with Crippen LogP contribution in [0.4, 0.5) is 0 Å². The Kier molecular flexibility index (Phi) is 5.09. The molecule has 0 saturated carbocycles. The van der Waals surface area contributed by atoms with Crippen molar-refractivity contribution in [3.05, 3.63) is 64.1 Å². The third-order valence-electron chi connectivity index (χ3n) is 5.43. The molecule has 0 amide bonds. The van der Waals surface area contributed by atoms with Crippen molar-refractivity contribution in [2.75, 3.05) is 6.61 Å². The van der Waals surface area contributed by atoms with Gasteiger partial charge in [-0.1, -0.05) is 35.0 Å². The highest BCUT2D eigenvalue weighted by Gasteiger charge is 2.40. The molecule has 1 aromatic heterocycles. The Morgan fingerprint density at radius 3 is 2.72 bits per heavy atom. The summed E-state index contributed by atoms with van der Waals surface area (Å²) in [7, 11) is 0. The molecule has 1 N–H and O–H groups in total. The van der Waals surface area contributed by atoms with Crippen molar-refractivity contribution in [3.8, 4) is 11.3 Å². The Balaban J connectivity index is 1.81. The van der Waals surface area contributed by atoms with E-state index in [1.807, 2.05) is 44.2 Å². The molecule has 0 fully saturated rings. The highest BCUT2D eigenvalue weighted by atomic mass is 16.5. The maximum absolute atomic E-state index is 12.8. The lowest BCUT2D eigenvalue weighted by Crippen LogP contribution is -2.34. The number of ketones is 1. The van der Waals surface area contributed by atoms with E-state index in [-0.39, 0.29) is 12.4 Å².